The summed E-state index contributed by atoms with van der Waals surface area (Å²) < 4.78 is 5.30. The fourth-order valence-corrected chi connectivity index (χ4v) is 1.90. The molecule has 2 heterocycles. The third-order valence-corrected chi connectivity index (χ3v) is 3.04. The Bertz CT molecular complexity index is 766. The van der Waals surface area contributed by atoms with Crippen molar-refractivity contribution >= 4 is 5.69 Å². The molecule has 6 heteroatoms. The zero-order valence-corrected chi connectivity index (χ0v) is 11.2. The maximum Gasteiger partial charge on any atom is 0.258 e. The van der Waals surface area contributed by atoms with Crippen LogP contribution in [0.15, 0.2) is 35.0 Å². The van der Waals surface area contributed by atoms with E-state index >= 15 is 0 Å². The average molecular weight is 267 g/mol. The molecule has 0 spiro atoms. The first-order valence-corrected chi connectivity index (χ1v) is 6.14. The minimum atomic E-state index is 0.432. The number of aryl methyl sites for hydroxylation is 1. The topological polar surface area (TPSA) is 90.7 Å². The molecule has 0 aliphatic heterocycles. The largest absolute Gasteiger partial charge is 0.398 e. The highest BCUT2D eigenvalue weighted by Gasteiger charge is 2.14. The van der Waals surface area contributed by atoms with Crippen LogP contribution >= 0.6 is 0 Å². The summed E-state index contributed by atoms with van der Waals surface area (Å²) in [5.74, 6) is 1.53. The van der Waals surface area contributed by atoms with Gasteiger partial charge in [0.15, 0.2) is 0 Å². The predicted octanol–water partition coefficient (Wildman–Crippen LogP) is 2.39. The highest BCUT2D eigenvalue weighted by Crippen LogP contribution is 2.27. The van der Waals surface area contributed by atoms with E-state index in [4.69, 9.17) is 10.3 Å². The van der Waals surface area contributed by atoms with E-state index in [1.165, 1.54) is 0 Å². The maximum absolute atomic E-state index is 5.89. The van der Waals surface area contributed by atoms with Crippen LogP contribution in [0.2, 0.25) is 0 Å². The summed E-state index contributed by atoms with van der Waals surface area (Å²) >= 11 is 0. The van der Waals surface area contributed by atoms with E-state index in [9.17, 15) is 0 Å². The number of nitrogens with zero attached hydrogens (tertiary/aromatic N) is 4. The van der Waals surface area contributed by atoms with E-state index in [-0.39, 0.29) is 0 Å². The van der Waals surface area contributed by atoms with Gasteiger partial charge in [0.2, 0.25) is 5.82 Å². The molecule has 0 saturated heterocycles. The van der Waals surface area contributed by atoms with Crippen LogP contribution in [-0.2, 0) is 0 Å². The van der Waals surface area contributed by atoms with Gasteiger partial charge in [0.25, 0.3) is 5.89 Å². The second-order valence-electron chi connectivity index (χ2n) is 4.43. The molecule has 0 bridgehead atoms. The first-order chi connectivity index (χ1) is 9.65. The molecule has 0 amide bonds. The number of rotatable bonds is 2. The molecule has 3 rings (SSSR count). The summed E-state index contributed by atoms with van der Waals surface area (Å²) in [6.07, 6.45) is 1.67. The third kappa shape index (κ3) is 2.11. The Morgan fingerprint density at radius 2 is 1.95 bits per heavy atom. The average Bonchev–Trinajstić information content (AvgIpc) is 2.91. The number of aromatic nitrogens is 4. The molecule has 6 nitrogen and oxygen atoms in total. The highest BCUT2D eigenvalue weighted by molar-refractivity contribution is 5.67. The van der Waals surface area contributed by atoms with Crippen LogP contribution in [-0.4, -0.2) is 20.1 Å². The quantitative estimate of drug-likeness (QED) is 0.717. The molecule has 100 valence electrons. The molecule has 2 aromatic heterocycles. The van der Waals surface area contributed by atoms with Crippen molar-refractivity contribution in [1.82, 2.24) is 20.1 Å². The number of hydrogen-bond acceptors (Lipinski definition) is 6. The first-order valence-electron chi connectivity index (χ1n) is 6.14. The van der Waals surface area contributed by atoms with Crippen LogP contribution in [0.5, 0.6) is 0 Å². The lowest BCUT2D eigenvalue weighted by Gasteiger charge is -2.02. The van der Waals surface area contributed by atoms with Crippen LogP contribution in [0.4, 0.5) is 5.69 Å². The molecule has 0 atom stereocenters. The van der Waals surface area contributed by atoms with Gasteiger partial charge >= 0.3 is 0 Å². The summed E-state index contributed by atoms with van der Waals surface area (Å²) in [6, 6.07) is 7.34. The molecule has 0 radical (unpaired) electrons. The van der Waals surface area contributed by atoms with Gasteiger partial charge in [-0.15, -0.1) is 0 Å². The SMILES string of the molecule is Cc1nccc(-c2noc(-c3cccc(N)c3C)n2)n1. The summed E-state index contributed by atoms with van der Waals surface area (Å²) in [5, 5.41) is 3.96. The molecule has 0 unspecified atom stereocenters. The Balaban J connectivity index is 2.04. The van der Waals surface area contributed by atoms with E-state index < -0.39 is 0 Å². The van der Waals surface area contributed by atoms with E-state index in [1.807, 2.05) is 32.0 Å². The van der Waals surface area contributed by atoms with Gasteiger partial charge in [-0.25, -0.2) is 9.97 Å². The Hall–Kier alpha value is -2.76. The van der Waals surface area contributed by atoms with Gasteiger partial charge in [0.05, 0.1) is 0 Å². The molecule has 0 aliphatic carbocycles. The highest BCUT2D eigenvalue weighted by atomic mass is 16.5. The van der Waals surface area contributed by atoms with Crippen LogP contribution in [0, 0.1) is 13.8 Å². The van der Waals surface area contributed by atoms with Crippen LogP contribution in [0.25, 0.3) is 23.0 Å². The van der Waals surface area contributed by atoms with E-state index in [0.29, 0.717) is 28.9 Å². The van der Waals surface area contributed by atoms with Crippen LogP contribution < -0.4 is 5.73 Å². The lowest BCUT2D eigenvalue weighted by atomic mass is 10.1. The number of hydrogen-bond donors (Lipinski definition) is 1. The molecule has 2 N–H and O–H groups in total. The Labute approximate surface area is 115 Å². The molecule has 0 fully saturated rings. The fourth-order valence-electron chi connectivity index (χ4n) is 1.90. The smallest absolute Gasteiger partial charge is 0.258 e. The molecular weight excluding hydrogens is 254 g/mol. The van der Waals surface area contributed by atoms with Gasteiger partial charge in [0.1, 0.15) is 11.5 Å². The van der Waals surface area contributed by atoms with Crippen molar-refractivity contribution in [3.8, 4) is 23.0 Å². The Morgan fingerprint density at radius 3 is 2.75 bits per heavy atom. The van der Waals surface area contributed by atoms with Gasteiger partial charge in [-0.3, -0.25) is 0 Å². The van der Waals surface area contributed by atoms with E-state index in [0.717, 1.165) is 11.1 Å². The summed E-state index contributed by atoms with van der Waals surface area (Å²) in [5.41, 5.74) is 8.96. The van der Waals surface area contributed by atoms with Gasteiger partial charge in [0, 0.05) is 17.4 Å². The predicted molar refractivity (Wildman–Crippen MR) is 74.6 cm³/mol. The number of benzene rings is 1. The number of anilines is 1. The lowest BCUT2D eigenvalue weighted by molar-refractivity contribution is 0.432. The lowest BCUT2D eigenvalue weighted by Crippen LogP contribution is -1.93. The van der Waals surface area contributed by atoms with Crippen molar-refractivity contribution < 1.29 is 4.52 Å². The van der Waals surface area contributed by atoms with Crippen molar-refractivity contribution in [2.45, 2.75) is 13.8 Å². The van der Waals surface area contributed by atoms with Crippen molar-refractivity contribution in [3.63, 3.8) is 0 Å². The Morgan fingerprint density at radius 1 is 1.10 bits per heavy atom. The first kappa shape index (κ1) is 12.3. The van der Waals surface area contributed by atoms with Gasteiger partial charge in [-0.05, 0) is 37.6 Å². The summed E-state index contributed by atoms with van der Waals surface area (Å²) in [6.45, 7) is 3.73. The second-order valence-corrected chi connectivity index (χ2v) is 4.43. The molecule has 0 aliphatic rings. The van der Waals surface area contributed by atoms with Crippen molar-refractivity contribution in [2.75, 3.05) is 5.73 Å². The minimum absolute atomic E-state index is 0.432. The van der Waals surface area contributed by atoms with Crippen LogP contribution in [0.1, 0.15) is 11.4 Å². The second kappa shape index (κ2) is 4.73. The maximum atomic E-state index is 5.89. The van der Waals surface area contributed by atoms with Crippen molar-refractivity contribution in [1.29, 1.82) is 0 Å². The third-order valence-electron chi connectivity index (χ3n) is 3.04. The van der Waals surface area contributed by atoms with E-state index in [2.05, 4.69) is 20.1 Å². The summed E-state index contributed by atoms with van der Waals surface area (Å²) in [4.78, 5) is 12.7. The minimum Gasteiger partial charge on any atom is -0.398 e. The zero-order valence-electron chi connectivity index (χ0n) is 11.2. The molecule has 20 heavy (non-hydrogen) atoms. The van der Waals surface area contributed by atoms with Crippen LogP contribution in [0.3, 0.4) is 0 Å². The summed E-state index contributed by atoms with van der Waals surface area (Å²) in [7, 11) is 0. The number of nitrogen functional groups attached to an aromatic ring is 1. The number of nitrogens with two attached hydrogens (primary N) is 1. The van der Waals surface area contributed by atoms with Crippen molar-refractivity contribution in [2.24, 2.45) is 0 Å². The Kier molecular flexibility index (Phi) is 2.90. The van der Waals surface area contributed by atoms with Gasteiger partial charge in [-0.2, -0.15) is 4.98 Å². The fraction of sp³-hybridized carbons (Fsp3) is 0.143. The van der Waals surface area contributed by atoms with E-state index in [1.54, 1.807) is 12.3 Å². The molecular formula is C14H13N5O. The zero-order chi connectivity index (χ0) is 14.1. The molecule has 3 aromatic rings. The standard InChI is InChI=1S/C14H13N5O/c1-8-10(4-3-5-11(8)15)14-18-13(19-20-14)12-6-7-16-9(2)17-12/h3-7H,15H2,1-2H3. The van der Waals surface area contributed by atoms with Crippen molar-refractivity contribution in [3.05, 3.63) is 41.9 Å². The molecule has 0 saturated carbocycles. The molecule has 1 aromatic carbocycles. The normalized spacial score (nSPS) is 10.7. The van der Waals surface area contributed by atoms with Gasteiger partial charge in [-0.1, -0.05) is 11.2 Å². The monoisotopic (exact) mass is 267 g/mol. The van der Waals surface area contributed by atoms with Gasteiger partial charge < -0.3 is 10.3 Å².